The van der Waals surface area contributed by atoms with Crippen molar-refractivity contribution in [3.63, 3.8) is 0 Å². The fourth-order valence-electron chi connectivity index (χ4n) is 2.85. The number of aliphatic hydroxyl groups is 1. The van der Waals surface area contributed by atoms with Crippen molar-refractivity contribution in [1.29, 1.82) is 0 Å². The zero-order valence-corrected chi connectivity index (χ0v) is 12.7. The molecule has 0 bridgehead atoms. The summed E-state index contributed by atoms with van der Waals surface area (Å²) in [6, 6.07) is 3.29. The first-order chi connectivity index (χ1) is 9.43. The number of methoxy groups -OCH3 is 1. The minimum Gasteiger partial charge on any atom is -0.389 e. The first kappa shape index (κ1) is 15.3. The maximum Gasteiger partial charge on any atom is 0.126 e. The molecule has 20 heavy (non-hydrogen) atoms. The molecule has 1 fully saturated rings. The van der Waals surface area contributed by atoms with Gasteiger partial charge >= 0.3 is 0 Å². The summed E-state index contributed by atoms with van der Waals surface area (Å²) in [6.07, 6.45) is 0.533. The lowest BCUT2D eigenvalue weighted by Gasteiger charge is -2.39. The highest BCUT2D eigenvalue weighted by Gasteiger charge is 2.28. The number of rotatable bonds is 3. The molecule has 1 aromatic rings. The van der Waals surface area contributed by atoms with Gasteiger partial charge in [-0.3, -0.25) is 0 Å². The van der Waals surface area contributed by atoms with Crippen molar-refractivity contribution in [3.8, 4) is 0 Å². The maximum atomic E-state index is 13.7. The molecule has 0 spiro atoms. The van der Waals surface area contributed by atoms with Crippen LogP contribution in [0.15, 0.2) is 12.1 Å². The third kappa shape index (κ3) is 2.96. The largest absolute Gasteiger partial charge is 0.389 e. The first-order valence-corrected chi connectivity index (χ1v) is 7.20. The Morgan fingerprint density at radius 1 is 1.45 bits per heavy atom. The molecule has 1 aromatic carbocycles. The van der Waals surface area contributed by atoms with Gasteiger partial charge in [0.1, 0.15) is 5.82 Å². The van der Waals surface area contributed by atoms with Crippen LogP contribution in [0.25, 0.3) is 0 Å². The summed E-state index contributed by atoms with van der Waals surface area (Å²) in [6.45, 7) is 7.31. The second-order valence-electron chi connectivity index (χ2n) is 5.82. The summed E-state index contributed by atoms with van der Waals surface area (Å²) in [7, 11) is 1.73. The van der Waals surface area contributed by atoms with Crippen LogP contribution in [-0.4, -0.2) is 31.4 Å². The topological polar surface area (TPSA) is 32.7 Å². The van der Waals surface area contributed by atoms with E-state index in [0.717, 1.165) is 25.2 Å². The highest BCUT2D eigenvalue weighted by molar-refractivity contribution is 5.57. The number of hydrogen-bond donors (Lipinski definition) is 1. The molecule has 4 heteroatoms. The van der Waals surface area contributed by atoms with E-state index < -0.39 is 6.10 Å². The molecule has 0 radical (unpaired) electrons. The molecule has 0 aromatic heterocycles. The van der Waals surface area contributed by atoms with Gasteiger partial charge in [0.05, 0.1) is 12.2 Å². The minimum absolute atomic E-state index is 0.177. The van der Waals surface area contributed by atoms with Crippen LogP contribution >= 0.6 is 0 Å². The van der Waals surface area contributed by atoms with E-state index in [9.17, 15) is 9.50 Å². The normalized spacial score (nSPS) is 24.8. The van der Waals surface area contributed by atoms with E-state index in [-0.39, 0.29) is 11.9 Å². The summed E-state index contributed by atoms with van der Waals surface area (Å²) >= 11 is 0. The van der Waals surface area contributed by atoms with Gasteiger partial charge in [-0.05, 0) is 43.9 Å². The summed E-state index contributed by atoms with van der Waals surface area (Å²) < 4.78 is 19.3. The third-order valence-electron chi connectivity index (χ3n) is 4.29. The van der Waals surface area contributed by atoms with E-state index in [1.54, 1.807) is 21.0 Å². The Balaban J connectivity index is 2.34. The second-order valence-corrected chi connectivity index (χ2v) is 5.82. The van der Waals surface area contributed by atoms with Crippen LogP contribution in [0.5, 0.6) is 0 Å². The Kier molecular flexibility index (Phi) is 4.66. The van der Waals surface area contributed by atoms with E-state index in [0.29, 0.717) is 17.0 Å². The minimum atomic E-state index is -0.680. The third-order valence-corrected chi connectivity index (χ3v) is 4.29. The van der Waals surface area contributed by atoms with Crippen molar-refractivity contribution >= 4 is 5.69 Å². The molecular formula is C16H24FNO2. The predicted octanol–water partition coefficient (Wildman–Crippen LogP) is 3.05. The van der Waals surface area contributed by atoms with Crippen LogP contribution in [0, 0.1) is 18.7 Å². The number of nitrogens with zero attached hydrogens (tertiary/aromatic N) is 1. The highest BCUT2D eigenvalue weighted by Crippen LogP contribution is 2.32. The monoisotopic (exact) mass is 281 g/mol. The van der Waals surface area contributed by atoms with Crippen LogP contribution in [0.4, 0.5) is 10.1 Å². The number of piperidine rings is 1. The van der Waals surface area contributed by atoms with Gasteiger partial charge < -0.3 is 14.7 Å². The second kappa shape index (κ2) is 6.10. The molecule has 1 aliphatic rings. The molecule has 1 N–H and O–H groups in total. The molecule has 2 unspecified atom stereocenters. The fourth-order valence-corrected chi connectivity index (χ4v) is 2.85. The van der Waals surface area contributed by atoms with Crippen LogP contribution in [0.2, 0.25) is 0 Å². The zero-order chi connectivity index (χ0) is 14.9. The fraction of sp³-hybridized carbons (Fsp3) is 0.625. The van der Waals surface area contributed by atoms with Gasteiger partial charge in [-0.15, -0.1) is 0 Å². The molecule has 0 saturated carbocycles. The maximum absolute atomic E-state index is 13.7. The molecule has 0 amide bonds. The molecule has 3 nitrogen and oxygen atoms in total. The number of aryl methyl sites for hydroxylation is 1. The molecule has 2 rings (SSSR count). The Morgan fingerprint density at radius 3 is 2.75 bits per heavy atom. The lowest BCUT2D eigenvalue weighted by molar-refractivity contribution is 0.0496. The van der Waals surface area contributed by atoms with Gasteiger partial charge in [0.2, 0.25) is 0 Å². The highest BCUT2D eigenvalue weighted by atomic mass is 19.1. The van der Waals surface area contributed by atoms with E-state index >= 15 is 0 Å². The number of halogens is 1. The average molecular weight is 281 g/mol. The van der Waals surface area contributed by atoms with Crippen LogP contribution in [-0.2, 0) is 4.74 Å². The molecule has 1 aliphatic heterocycles. The first-order valence-electron chi connectivity index (χ1n) is 7.20. The van der Waals surface area contributed by atoms with Crippen molar-refractivity contribution in [2.45, 2.75) is 39.4 Å². The Bertz CT molecular complexity index is 476. The summed E-state index contributed by atoms with van der Waals surface area (Å²) in [5.41, 5.74) is 2.18. The number of ether oxygens (including phenoxy) is 1. The van der Waals surface area contributed by atoms with E-state index in [1.165, 1.54) is 6.07 Å². The number of hydrogen-bond acceptors (Lipinski definition) is 3. The molecular weight excluding hydrogens is 257 g/mol. The molecule has 0 aliphatic carbocycles. The van der Waals surface area contributed by atoms with E-state index in [2.05, 4.69) is 11.8 Å². The lowest BCUT2D eigenvalue weighted by atomic mass is 9.94. The summed E-state index contributed by atoms with van der Waals surface area (Å²) in [5, 5.41) is 9.90. The van der Waals surface area contributed by atoms with Gasteiger partial charge in [0.25, 0.3) is 0 Å². The lowest BCUT2D eigenvalue weighted by Crippen LogP contribution is -2.44. The quantitative estimate of drug-likeness (QED) is 0.924. The summed E-state index contributed by atoms with van der Waals surface area (Å²) in [5.74, 6) is 0.256. The van der Waals surface area contributed by atoms with Crippen molar-refractivity contribution in [2.24, 2.45) is 5.92 Å². The van der Waals surface area contributed by atoms with Crippen LogP contribution in [0.3, 0.4) is 0 Å². The molecule has 1 saturated heterocycles. The number of aliphatic hydroxyl groups excluding tert-OH is 1. The zero-order valence-electron chi connectivity index (χ0n) is 12.7. The van der Waals surface area contributed by atoms with Crippen LogP contribution in [0.1, 0.15) is 37.5 Å². The number of anilines is 1. The molecule has 112 valence electrons. The van der Waals surface area contributed by atoms with Crippen molar-refractivity contribution in [2.75, 3.05) is 25.1 Å². The van der Waals surface area contributed by atoms with E-state index in [1.807, 2.05) is 6.07 Å². The average Bonchev–Trinajstić information content (AvgIpc) is 2.41. The van der Waals surface area contributed by atoms with Gasteiger partial charge in [-0.25, -0.2) is 4.39 Å². The van der Waals surface area contributed by atoms with Crippen LogP contribution < -0.4 is 4.90 Å². The van der Waals surface area contributed by atoms with Gasteiger partial charge in [-0.1, -0.05) is 6.92 Å². The van der Waals surface area contributed by atoms with Gasteiger partial charge in [0.15, 0.2) is 0 Å². The van der Waals surface area contributed by atoms with Crippen molar-refractivity contribution in [1.82, 2.24) is 0 Å². The number of benzene rings is 1. The Morgan fingerprint density at radius 2 is 2.15 bits per heavy atom. The molecule has 1 heterocycles. The van der Waals surface area contributed by atoms with Gasteiger partial charge in [0, 0.05) is 31.5 Å². The summed E-state index contributed by atoms with van der Waals surface area (Å²) in [4.78, 5) is 2.20. The smallest absolute Gasteiger partial charge is 0.126 e. The van der Waals surface area contributed by atoms with Crippen molar-refractivity contribution in [3.05, 3.63) is 29.1 Å². The van der Waals surface area contributed by atoms with E-state index in [4.69, 9.17) is 4.74 Å². The standard InChI is InChI=1S/C16H24FNO2/c1-10-5-6-18(9-16(10)20-4)15-7-11(2)14(17)8-13(15)12(3)19/h7-8,10,12,16,19H,5-6,9H2,1-4H3/t10?,12-,16?/m0/s1. The Hall–Kier alpha value is -1.13. The Labute approximate surface area is 120 Å². The van der Waals surface area contributed by atoms with Crippen molar-refractivity contribution < 1.29 is 14.2 Å². The predicted molar refractivity (Wildman–Crippen MR) is 78.6 cm³/mol. The van der Waals surface area contributed by atoms with Gasteiger partial charge in [-0.2, -0.15) is 0 Å². The SMILES string of the molecule is COC1CN(c2cc(C)c(F)cc2[C@H](C)O)CCC1C. The molecule has 3 atom stereocenters.